The van der Waals surface area contributed by atoms with Gasteiger partial charge in [-0.05, 0) is 70.4 Å². The van der Waals surface area contributed by atoms with Crippen LogP contribution < -0.4 is 10.0 Å². The first-order valence-electron chi connectivity index (χ1n) is 8.96. The summed E-state index contributed by atoms with van der Waals surface area (Å²) in [5.74, 6) is -0.145. The Labute approximate surface area is 162 Å². The number of rotatable bonds is 6. The standard InChI is InChI=1S/C21H28N2O3S/c1-15-9-10-17(16(2)13-15)11-12-20(24)22-18-7-6-8-19(14-18)27(25,26)23-21(3,4)5/h6-10,13-14,23H,11-12H2,1-5H3,(H,22,24). The summed E-state index contributed by atoms with van der Waals surface area (Å²) in [6.07, 6.45) is 0.975. The smallest absolute Gasteiger partial charge is 0.241 e. The Morgan fingerprint density at radius 1 is 1.04 bits per heavy atom. The minimum Gasteiger partial charge on any atom is -0.326 e. The molecular formula is C21H28N2O3S. The van der Waals surface area contributed by atoms with E-state index in [1.807, 2.05) is 26.0 Å². The average Bonchev–Trinajstić information content (AvgIpc) is 2.52. The normalized spacial score (nSPS) is 12.0. The van der Waals surface area contributed by atoms with Gasteiger partial charge in [-0.1, -0.05) is 29.8 Å². The highest BCUT2D eigenvalue weighted by molar-refractivity contribution is 7.89. The third-order valence-electron chi connectivity index (χ3n) is 3.99. The lowest BCUT2D eigenvalue weighted by molar-refractivity contribution is -0.116. The van der Waals surface area contributed by atoms with Gasteiger partial charge in [-0.25, -0.2) is 13.1 Å². The molecule has 0 aliphatic heterocycles. The van der Waals surface area contributed by atoms with Crippen LogP contribution in [0.4, 0.5) is 5.69 Å². The first kappa shape index (κ1) is 21.1. The lowest BCUT2D eigenvalue weighted by Gasteiger charge is -2.20. The van der Waals surface area contributed by atoms with E-state index in [1.54, 1.807) is 32.9 Å². The molecule has 0 radical (unpaired) electrons. The third kappa shape index (κ3) is 6.48. The summed E-state index contributed by atoms with van der Waals surface area (Å²) in [5, 5.41) is 2.79. The highest BCUT2D eigenvalue weighted by atomic mass is 32.2. The third-order valence-corrected chi connectivity index (χ3v) is 5.74. The molecule has 2 aromatic rings. The number of benzene rings is 2. The zero-order valence-electron chi connectivity index (χ0n) is 16.6. The Morgan fingerprint density at radius 2 is 1.74 bits per heavy atom. The Balaban J connectivity index is 2.04. The summed E-state index contributed by atoms with van der Waals surface area (Å²) in [4.78, 5) is 12.4. The van der Waals surface area contributed by atoms with E-state index in [2.05, 4.69) is 16.1 Å². The van der Waals surface area contributed by atoms with Crippen LogP contribution in [0.5, 0.6) is 0 Å². The number of hydrogen-bond donors (Lipinski definition) is 2. The second-order valence-electron chi connectivity index (χ2n) is 7.86. The average molecular weight is 389 g/mol. The Morgan fingerprint density at radius 3 is 2.37 bits per heavy atom. The fourth-order valence-corrected chi connectivity index (χ4v) is 4.26. The largest absolute Gasteiger partial charge is 0.326 e. The molecule has 0 unspecified atom stereocenters. The van der Waals surface area contributed by atoms with Crippen LogP contribution in [0.25, 0.3) is 0 Å². The molecule has 6 heteroatoms. The molecule has 2 rings (SSSR count). The van der Waals surface area contributed by atoms with Crippen molar-refractivity contribution in [1.82, 2.24) is 4.72 Å². The van der Waals surface area contributed by atoms with Gasteiger partial charge in [0.15, 0.2) is 0 Å². The molecule has 0 aliphatic rings. The zero-order valence-corrected chi connectivity index (χ0v) is 17.4. The SMILES string of the molecule is Cc1ccc(CCC(=O)Nc2cccc(S(=O)(=O)NC(C)(C)C)c2)c(C)c1. The number of anilines is 1. The number of carbonyl (C=O) groups is 1. The van der Waals surface area contributed by atoms with Gasteiger partial charge in [-0.15, -0.1) is 0 Å². The molecule has 27 heavy (non-hydrogen) atoms. The van der Waals surface area contributed by atoms with Gasteiger partial charge in [0.25, 0.3) is 0 Å². The molecule has 2 aromatic carbocycles. The van der Waals surface area contributed by atoms with Crippen molar-refractivity contribution in [2.24, 2.45) is 0 Å². The van der Waals surface area contributed by atoms with Crippen LogP contribution in [-0.2, 0) is 21.2 Å². The second kappa shape index (κ2) is 8.23. The highest BCUT2D eigenvalue weighted by Gasteiger charge is 2.22. The van der Waals surface area contributed by atoms with E-state index in [0.29, 0.717) is 18.5 Å². The molecule has 0 bridgehead atoms. The lowest BCUT2D eigenvalue weighted by atomic mass is 10.0. The Kier molecular flexibility index (Phi) is 6.44. The summed E-state index contributed by atoms with van der Waals surface area (Å²) in [6.45, 7) is 9.42. The molecule has 0 aliphatic carbocycles. The number of amides is 1. The Hall–Kier alpha value is -2.18. The van der Waals surface area contributed by atoms with Crippen LogP contribution in [0.3, 0.4) is 0 Å². The van der Waals surface area contributed by atoms with E-state index < -0.39 is 15.6 Å². The summed E-state index contributed by atoms with van der Waals surface area (Å²) >= 11 is 0. The van der Waals surface area contributed by atoms with Crippen LogP contribution >= 0.6 is 0 Å². The monoisotopic (exact) mass is 388 g/mol. The zero-order chi connectivity index (χ0) is 20.2. The van der Waals surface area contributed by atoms with Gasteiger partial charge < -0.3 is 5.32 Å². The van der Waals surface area contributed by atoms with E-state index >= 15 is 0 Å². The van der Waals surface area contributed by atoms with Crippen molar-refractivity contribution in [3.05, 3.63) is 59.2 Å². The molecule has 0 atom stereocenters. The molecule has 0 spiro atoms. The van der Waals surface area contributed by atoms with Crippen molar-refractivity contribution >= 4 is 21.6 Å². The van der Waals surface area contributed by atoms with Crippen LogP contribution in [0.2, 0.25) is 0 Å². The first-order valence-corrected chi connectivity index (χ1v) is 10.4. The molecule has 1 amide bonds. The number of carbonyl (C=O) groups excluding carboxylic acids is 1. The highest BCUT2D eigenvalue weighted by Crippen LogP contribution is 2.18. The van der Waals surface area contributed by atoms with E-state index in [1.165, 1.54) is 23.3 Å². The Bertz CT molecular complexity index is 929. The van der Waals surface area contributed by atoms with Gasteiger partial charge in [-0.2, -0.15) is 0 Å². The van der Waals surface area contributed by atoms with Crippen molar-refractivity contribution in [2.45, 2.75) is 57.9 Å². The van der Waals surface area contributed by atoms with Gasteiger partial charge >= 0.3 is 0 Å². The number of nitrogens with one attached hydrogen (secondary N) is 2. The summed E-state index contributed by atoms with van der Waals surface area (Å²) < 4.78 is 27.5. The topological polar surface area (TPSA) is 75.3 Å². The van der Waals surface area contributed by atoms with Gasteiger partial charge in [0.2, 0.25) is 15.9 Å². The molecule has 0 aromatic heterocycles. The molecule has 5 nitrogen and oxygen atoms in total. The van der Waals surface area contributed by atoms with Crippen molar-refractivity contribution in [2.75, 3.05) is 5.32 Å². The van der Waals surface area contributed by atoms with E-state index in [-0.39, 0.29) is 10.8 Å². The molecule has 2 N–H and O–H groups in total. The quantitative estimate of drug-likeness (QED) is 0.787. The van der Waals surface area contributed by atoms with Crippen LogP contribution in [0.15, 0.2) is 47.4 Å². The van der Waals surface area contributed by atoms with E-state index in [4.69, 9.17) is 0 Å². The van der Waals surface area contributed by atoms with Gasteiger partial charge in [-0.3, -0.25) is 4.79 Å². The van der Waals surface area contributed by atoms with Crippen LogP contribution in [-0.4, -0.2) is 19.9 Å². The summed E-state index contributed by atoms with van der Waals surface area (Å²) in [6, 6.07) is 12.5. The van der Waals surface area contributed by atoms with E-state index in [9.17, 15) is 13.2 Å². The van der Waals surface area contributed by atoms with E-state index in [0.717, 1.165) is 5.56 Å². The number of aryl methyl sites for hydroxylation is 3. The second-order valence-corrected chi connectivity index (χ2v) is 9.54. The van der Waals surface area contributed by atoms with Gasteiger partial charge in [0, 0.05) is 17.6 Å². The fraction of sp³-hybridized carbons (Fsp3) is 0.381. The minimum atomic E-state index is -3.64. The molecule has 0 saturated heterocycles. The van der Waals surface area contributed by atoms with Crippen molar-refractivity contribution in [3.63, 3.8) is 0 Å². The van der Waals surface area contributed by atoms with Crippen molar-refractivity contribution in [1.29, 1.82) is 0 Å². The first-order chi connectivity index (χ1) is 12.5. The molecule has 146 valence electrons. The van der Waals surface area contributed by atoms with Crippen molar-refractivity contribution < 1.29 is 13.2 Å². The number of hydrogen-bond acceptors (Lipinski definition) is 3. The van der Waals surface area contributed by atoms with Gasteiger partial charge in [0.05, 0.1) is 4.90 Å². The summed E-state index contributed by atoms with van der Waals surface area (Å²) in [7, 11) is -3.64. The van der Waals surface area contributed by atoms with Crippen LogP contribution in [0, 0.1) is 13.8 Å². The maximum atomic E-state index is 12.4. The van der Waals surface area contributed by atoms with Crippen molar-refractivity contribution in [3.8, 4) is 0 Å². The molecule has 0 heterocycles. The van der Waals surface area contributed by atoms with Crippen LogP contribution in [0.1, 0.15) is 43.9 Å². The predicted molar refractivity (Wildman–Crippen MR) is 109 cm³/mol. The minimum absolute atomic E-state index is 0.129. The maximum Gasteiger partial charge on any atom is 0.241 e. The maximum absolute atomic E-state index is 12.4. The molecule has 0 saturated carbocycles. The lowest BCUT2D eigenvalue weighted by Crippen LogP contribution is -2.40. The summed E-state index contributed by atoms with van der Waals surface area (Å²) in [5.41, 5.74) is 3.40. The van der Waals surface area contributed by atoms with Gasteiger partial charge in [0.1, 0.15) is 0 Å². The molecule has 0 fully saturated rings. The molecular weight excluding hydrogens is 360 g/mol. The number of sulfonamides is 1. The fourth-order valence-electron chi connectivity index (χ4n) is 2.80. The predicted octanol–water partition coefficient (Wildman–Crippen LogP) is 3.95.